The van der Waals surface area contributed by atoms with E-state index in [0.717, 1.165) is 19.0 Å². The summed E-state index contributed by atoms with van der Waals surface area (Å²) in [5.41, 5.74) is 0. The van der Waals surface area contributed by atoms with Gasteiger partial charge in [0, 0.05) is 24.5 Å². The van der Waals surface area contributed by atoms with Crippen molar-refractivity contribution < 1.29 is 0 Å². The van der Waals surface area contributed by atoms with Crippen LogP contribution in [0.25, 0.3) is 0 Å². The van der Waals surface area contributed by atoms with Gasteiger partial charge in [0.05, 0.1) is 0 Å². The summed E-state index contributed by atoms with van der Waals surface area (Å²) in [6.45, 7) is 4.71. The van der Waals surface area contributed by atoms with Crippen molar-refractivity contribution in [2.45, 2.75) is 19.3 Å². The van der Waals surface area contributed by atoms with E-state index in [1.165, 1.54) is 37.2 Å². The highest BCUT2D eigenvalue weighted by atomic mass is 32.1. The molecule has 2 nitrogen and oxygen atoms in total. The first-order chi connectivity index (χ1) is 7.84. The first-order valence-electron chi connectivity index (χ1n) is 6.26. The van der Waals surface area contributed by atoms with Gasteiger partial charge >= 0.3 is 0 Å². The van der Waals surface area contributed by atoms with Gasteiger partial charge in [0.1, 0.15) is 0 Å². The molecule has 1 saturated carbocycles. The number of thiophene rings is 1. The van der Waals surface area contributed by atoms with E-state index in [0.29, 0.717) is 0 Å². The molecule has 0 saturated heterocycles. The summed E-state index contributed by atoms with van der Waals surface area (Å²) in [5.74, 6) is 0.997. The third kappa shape index (κ3) is 4.64. The van der Waals surface area contributed by atoms with E-state index in [-0.39, 0.29) is 0 Å². The van der Waals surface area contributed by atoms with Crippen LogP contribution in [-0.2, 0) is 6.42 Å². The molecule has 3 heteroatoms. The van der Waals surface area contributed by atoms with Crippen molar-refractivity contribution in [3.8, 4) is 0 Å². The van der Waals surface area contributed by atoms with Crippen molar-refractivity contribution in [1.82, 2.24) is 10.2 Å². The van der Waals surface area contributed by atoms with Crippen LogP contribution in [0.15, 0.2) is 17.5 Å². The van der Waals surface area contributed by atoms with E-state index in [4.69, 9.17) is 0 Å². The maximum Gasteiger partial charge on any atom is 0.0104 e. The molecule has 0 bridgehead atoms. The standard InChI is InChI=1S/C13H22N2S/c1-15(8-6-13-3-2-10-16-13)9-7-14-11-12-4-5-12/h2-3,10,12,14H,4-9,11H2,1H3. The molecule has 1 aromatic rings. The van der Waals surface area contributed by atoms with Crippen LogP contribution in [0.2, 0.25) is 0 Å². The molecule has 1 aliphatic rings. The lowest BCUT2D eigenvalue weighted by Gasteiger charge is -2.16. The molecule has 2 rings (SSSR count). The zero-order valence-electron chi connectivity index (χ0n) is 10.1. The normalized spacial score (nSPS) is 15.9. The van der Waals surface area contributed by atoms with E-state index >= 15 is 0 Å². The van der Waals surface area contributed by atoms with Gasteiger partial charge < -0.3 is 10.2 Å². The van der Waals surface area contributed by atoms with Gasteiger partial charge in [-0.1, -0.05) is 6.07 Å². The quantitative estimate of drug-likeness (QED) is 0.699. The summed E-state index contributed by atoms with van der Waals surface area (Å²) < 4.78 is 0. The molecular weight excluding hydrogens is 216 g/mol. The second kappa shape index (κ2) is 6.38. The fourth-order valence-corrected chi connectivity index (χ4v) is 2.46. The molecule has 16 heavy (non-hydrogen) atoms. The van der Waals surface area contributed by atoms with Gasteiger partial charge in [-0.2, -0.15) is 0 Å². The highest BCUT2D eigenvalue weighted by molar-refractivity contribution is 7.09. The predicted molar refractivity (Wildman–Crippen MR) is 71.1 cm³/mol. The Morgan fingerprint density at radius 1 is 1.44 bits per heavy atom. The van der Waals surface area contributed by atoms with Crippen LogP contribution in [0, 0.1) is 5.92 Å². The number of rotatable bonds is 8. The number of nitrogens with one attached hydrogen (secondary N) is 1. The highest BCUT2D eigenvalue weighted by Crippen LogP contribution is 2.27. The maximum atomic E-state index is 3.53. The monoisotopic (exact) mass is 238 g/mol. The van der Waals surface area contributed by atoms with Crippen molar-refractivity contribution in [2.75, 3.05) is 33.2 Å². The minimum atomic E-state index is 0.997. The molecule has 1 fully saturated rings. The molecule has 0 spiro atoms. The average molecular weight is 238 g/mol. The number of nitrogens with zero attached hydrogens (tertiary/aromatic N) is 1. The minimum absolute atomic E-state index is 0.997. The van der Waals surface area contributed by atoms with Crippen LogP contribution in [-0.4, -0.2) is 38.1 Å². The third-order valence-electron chi connectivity index (χ3n) is 3.12. The number of likely N-dealkylation sites (N-methyl/N-ethyl adjacent to an activating group) is 1. The summed E-state index contributed by atoms with van der Waals surface area (Å²) in [7, 11) is 2.21. The lowest BCUT2D eigenvalue weighted by Crippen LogP contribution is -2.31. The maximum absolute atomic E-state index is 3.53. The highest BCUT2D eigenvalue weighted by Gasteiger charge is 2.19. The predicted octanol–water partition coefficient (Wildman–Crippen LogP) is 2.22. The lowest BCUT2D eigenvalue weighted by atomic mass is 10.3. The van der Waals surface area contributed by atoms with Crippen LogP contribution in [0.4, 0.5) is 0 Å². The van der Waals surface area contributed by atoms with E-state index in [1.54, 1.807) is 0 Å². The number of hydrogen-bond donors (Lipinski definition) is 1. The summed E-state index contributed by atoms with van der Waals surface area (Å²) in [4.78, 5) is 3.91. The molecular formula is C13H22N2S. The summed E-state index contributed by atoms with van der Waals surface area (Å²) in [6, 6.07) is 4.36. The summed E-state index contributed by atoms with van der Waals surface area (Å²) >= 11 is 1.86. The smallest absolute Gasteiger partial charge is 0.0104 e. The molecule has 1 N–H and O–H groups in total. The molecule has 0 atom stereocenters. The van der Waals surface area contributed by atoms with Gasteiger partial charge in [-0.25, -0.2) is 0 Å². The van der Waals surface area contributed by atoms with Crippen molar-refractivity contribution in [3.05, 3.63) is 22.4 Å². The van der Waals surface area contributed by atoms with E-state index in [9.17, 15) is 0 Å². The summed E-state index contributed by atoms with van der Waals surface area (Å²) in [6.07, 6.45) is 4.08. The fraction of sp³-hybridized carbons (Fsp3) is 0.692. The van der Waals surface area contributed by atoms with Crippen LogP contribution >= 0.6 is 11.3 Å². The Hall–Kier alpha value is -0.380. The van der Waals surface area contributed by atoms with Crippen LogP contribution in [0.5, 0.6) is 0 Å². The third-order valence-corrected chi connectivity index (χ3v) is 4.06. The topological polar surface area (TPSA) is 15.3 Å². The van der Waals surface area contributed by atoms with Crippen LogP contribution in [0.3, 0.4) is 0 Å². The zero-order chi connectivity index (χ0) is 11.2. The van der Waals surface area contributed by atoms with Gasteiger partial charge in [-0.3, -0.25) is 0 Å². The zero-order valence-corrected chi connectivity index (χ0v) is 10.9. The van der Waals surface area contributed by atoms with Crippen molar-refractivity contribution in [1.29, 1.82) is 0 Å². The Labute approximate surface area is 103 Å². The Bertz CT molecular complexity index is 280. The molecule has 1 aliphatic carbocycles. The molecule has 0 unspecified atom stereocenters. The molecule has 0 radical (unpaired) electrons. The Kier molecular flexibility index (Phi) is 4.82. The largest absolute Gasteiger partial charge is 0.315 e. The molecule has 1 aromatic heterocycles. The van der Waals surface area contributed by atoms with E-state index < -0.39 is 0 Å². The van der Waals surface area contributed by atoms with Gasteiger partial charge in [0.25, 0.3) is 0 Å². The molecule has 0 aliphatic heterocycles. The van der Waals surface area contributed by atoms with Gasteiger partial charge in [0.2, 0.25) is 0 Å². The Morgan fingerprint density at radius 2 is 2.31 bits per heavy atom. The fourth-order valence-electron chi connectivity index (χ4n) is 1.77. The molecule has 1 heterocycles. The van der Waals surface area contributed by atoms with Crippen molar-refractivity contribution >= 4 is 11.3 Å². The summed E-state index contributed by atoms with van der Waals surface area (Å²) in [5, 5.41) is 5.69. The van der Waals surface area contributed by atoms with E-state index in [2.05, 4.69) is 34.8 Å². The van der Waals surface area contributed by atoms with E-state index in [1.807, 2.05) is 11.3 Å². The lowest BCUT2D eigenvalue weighted by molar-refractivity contribution is 0.335. The van der Waals surface area contributed by atoms with Crippen molar-refractivity contribution in [2.24, 2.45) is 5.92 Å². The minimum Gasteiger partial charge on any atom is -0.315 e. The molecule has 0 amide bonds. The van der Waals surface area contributed by atoms with Gasteiger partial charge in [-0.15, -0.1) is 11.3 Å². The molecule has 90 valence electrons. The average Bonchev–Trinajstić information content (AvgIpc) is 2.96. The van der Waals surface area contributed by atoms with Gasteiger partial charge in [0.15, 0.2) is 0 Å². The Balaban J connectivity index is 1.48. The second-order valence-electron chi connectivity index (χ2n) is 4.78. The molecule has 0 aromatic carbocycles. The second-order valence-corrected chi connectivity index (χ2v) is 5.81. The van der Waals surface area contributed by atoms with Crippen molar-refractivity contribution in [3.63, 3.8) is 0 Å². The van der Waals surface area contributed by atoms with Crippen LogP contribution < -0.4 is 5.32 Å². The SMILES string of the molecule is CN(CCNCC1CC1)CCc1cccs1. The first kappa shape index (κ1) is 12.1. The number of hydrogen-bond acceptors (Lipinski definition) is 3. The first-order valence-corrected chi connectivity index (χ1v) is 7.14. The van der Waals surface area contributed by atoms with Gasteiger partial charge in [-0.05, 0) is 50.2 Å². The van der Waals surface area contributed by atoms with Crippen LogP contribution in [0.1, 0.15) is 17.7 Å². The Morgan fingerprint density at radius 3 is 3.00 bits per heavy atom.